The highest BCUT2D eigenvalue weighted by atomic mass is 35.5. The lowest BCUT2D eigenvalue weighted by atomic mass is 10.2. The summed E-state index contributed by atoms with van der Waals surface area (Å²) in [6.07, 6.45) is 0.538. The molecule has 21 heavy (non-hydrogen) atoms. The highest BCUT2D eigenvalue weighted by molar-refractivity contribution is 6.30. The maximum atomic E-state index is 13.7. The number of nitrogens with zero attached hydrogens (tertiary/aromatic N) is 1. The van der Waals surface area contributed by atoms with Crippen LogP contribution in [0.1, 0.15) is 15.9 Å². The van der Waals surface area contributed by atoms with Crippen LogP contribution in [0.3, 0.4) is 0 Å². The van der Waals surface area contributed by atoms with Gasteiger partial charge >= 0.3 is 5.69 Å². The molecule has 5 nitrogen and oxygen atoms in total. The second-order valence-corrected chi connectivity index (χ2v) is 4.51. The Kier molecular flexibility index (Phi) is 4.49. The van der Waals surface area contributed by atoms with E-state index in [9.17, 15) is 19.3 Å². The molecule has 0 fully saturated rings. The fraction of sp³-hybridized carbons (Fsp3) is 0.0714. The minimum absolute atomic E-state index is 0.0627. The Labute approximate surface area is 124 Å². The zero-order valence-corrected chi connectivity index (χ0v) is 11.3. The molecule has 0 bridgehead atoms. The minimum atomic E-state index is -0.645. The van der Waals surface area contributed by atoms with Crippen LogP contribution in [0.4, 0.5) is 10.1 Å². The molecule has 0 unspecified atom stereocenters. The van der Waals surface area contributed by atoms with Crippen LogP contribution in [0.15, 0.2) is 36.4 Å². The molecule has 0 N–H and O–H groups in total. The summed E-state index contributed by atoms with van der Waals surface area (Å²) in [4.78, 5) is 21.0. The normalized spacial score (nSPS) is 10.2. The Hall–Kier alpha value is -2.47. The van der Waals surface area contributed by atoms with Gasteiger partial charge in [-0.3, -0.25) is 14.9 Å². The van der Waals surface area contributed by atoms with Crippen LogP contribution in [0.25, 0.3) is 0 Å². The summed E-state index contributed by atoms with van der Waals surface area (Å²) in [7, 11) is 0. The maximum absolute atomic E-state index is 13.7. The van der Waals surface area contributed by atoms with E-state index in [0.29, 0.717) is 6.29 Å². The van der Waals surface area contributed by atoms with Crippen molar-refractivity contribution in [1.82, 2.24) is 0 Å². The molecule has 0 aromatic heterocycles. The lowest BCUT2D eigenvalue weighted by Gasteiger charge is -2.08. The quantitative estimate of drug-likeness (QED) is 0.479. The zero-order chi connectivity index (χ0) is 15.4. The van der Waals surface area contributed by atoms with Crippen molar-refractivity contribution >= 4 is 23.6 Å². The summed E-state index contributed by atoms with van der Waals surface area (Å²) in [5.74, 6) is -0.752. The smallest absolute Gasteiger partial charge is 0.310 e. The first-order valence-corrected chi connectivity index (χ1v) is 6.20. The Morgan fingerprint density at radius 1 is 1.33 bits per heavy atom. The maximum Gasteiger partial charge on any atom is 0.310 e. The van der Waals surface area contributed by atoms with Crippen molar-refractivity contribution in [3.63, 3.8) is 0 Å². The Morgan fingerprint density at radius 3 is 2.76 bits per heavy atom. The lowest BCUT2D eigenvalue weighted by molar-refractivity contribution is -0.385. The molecule has 0 heterocycles. The Morgan fingerprint density at radius 2 is 2.10 bits per heavy atom. The third-order valence-corrected chi connectivity index (χ3v) is 3.02. The monoisotopic (exact) mass is 309 g/mol. The van der Waals surface area contributed by atoms with Gasteiger partial charge in [0.05, 0.1) is 9.95 Å². The molecule has 2 rings (SSSR count). The summed E-state index contributed by atoms with van der Waals surface area (Å²) < 4.78 is 19.0. The number of ether oxygens (including phenoxy) is 1. The Bertz CT molecular complexity index is 705. The van der Waals surface area contributed by atoms with Gasteiger partial charge in [0.1, 0.15) is 18.7 Å². The predicted octanol–water partition coefficient (Wildman–Crippen LogP) is 3.78. The molecule has 0 saturated heterocycles. The van der Waals surface area contributed by atoms with Crippen LogP contribution in [0.2, 0.25) is 5.02 Å². The van der Waals surface area contributed by atoms with Gasteiger partial charge in [-0.1, -0.05) is 23.7 Å². The number of halogens is 2. The minimum Gasteiger partial charge on any atom is -0.482 e. The van der Waals surface area contributed by atoms with E-state index in [1.807, 2.05) is 0 Å². The first-order valence-electron chi connectivity index (χ1n) is 5.82. The van der Waals surface area contributed by atoms with Gasteiger partial charge in [0.2, 0.25) is 0 Å². The Balaban J connectivity index is 2.28. The molecule has 0 aliphatic heterocycles. The largest absolute Gasteiger partial charge is 0.482 e. The highest BCUT2D eigenvalue weighted by Gasteiger charge is 2.16. The van der Waals surface area contributed by atoms with Gasteiger partial charge < -0.3 is 4.74 Å². The molecule has 0 aliphatic carbocycles. The van der Waals surface area contributed by atoms with E-state index >= 15 is 0 Å². The van der Waals surface area contributed by atoms with Crippen molar-refractivity contribution in [3.8, 4) is 5.75 Å². The van der Waals surface area contributed by atoms with Gasteiger partial charge in [0, 0.05) is 17.2 Å². The molecule has 2 aromatic carbocycles. The van der Waals surface area contributed by atoms with Gasteiger partial charge in [0.15, 0.2) is 5.75 Å². The van der Waals surface area contributed by atoms with Crippen LogP contribution in [0.5, 0.6) is 5.75 Å². The number of hydrogen-bond donors (Lipinski definition) is 0. The van der Waals surface area contributed by atoms with E-state index in [-0.39, 0.29) is 34.2 Å². The van der Waals surface area contributed by atoms with E-state index in [0.717, 1.165) is 6.07 Å². The number of nitro groups is 1. The summed E-state index contributed by atoms with van der Waals surface area (Å²) in [5.41, 5.74) is 0.0820. The van der Waals surface area contributed by atoms with Crippen molar-refractivity contribution in [3.05, 3.63) is 68.5 Å². The van der Waals surface area contributed by atoms with E-state index in [1.54, 1.807) is 6.07 Å². The van der Waals surface area contributed by atoms with Gasteiger partial charge in [0.25, 0.3) is 0 Å². The molecule has 0 atom stereocenters. The lowest BCUT2D eigenvalue weighted by Crippen LogP contribution is -2.02. The summed E-state index contributed by atoms with van der Waals surface area (Å²) in [6.45, 7) is -0.241. The van der Waals surface area contributed by atoms with Crippen LogP contribution in [-0.4, -0.2) is 11.2 Å². The fourth-order valence-corrected chi connectivity index (χ4v) is 1.88. The number of nitro benzene ring substituents is 1. The fourth-order valence-electron chi connectivity index (χ4n) is 1.69. The van der Waals surface area contributed by atoms with Crippen molar-refractivity contribution in [2.45, 2.75) is 6.61 Å². The average Bonchev–Trinajstić information content (AvgIpc) is 2.48. The molecule has 108 valence electrons. The van der Waals surface area contributed by atoms with Gasteiger partial charge in [-0.2, -0.15) is 0 Å². The SMILES string of the molecule is O=Cc1ccc([N+](=O)[O-])c(OCc2cccc(Cl)c2F)c1. The first-order chi connectivity index (χ1) is 10.0. The number of carbonyl (C=O) groups excluding carboxylic acids is 1. The van der Waals surface area contributed by atoms with Crippen molar-refractivity contribution in [1.29, 1.82) is 0 Å². The van der Waals surface area contributed by atoms with Gasteiger partial charge in [-0.15, -0.1) is 0 Å². The number of benzene rings is 2. The van der Waals surface area contributed by atoms with Crippen molar-refractivity contribution in [2.75, 3.05) is 0 Å². The molecule has 0 radical (unpaired) electrons. The predicted molar refractivity (Wildman–Crippen MR) is 74.2 cm³/mol. The topological polar surface area (TPSA) is 69.4 Å². The van der Waals surface area contributed by atoms with Gasteiger partial charge in [-0.05, 0) is 18.2 Å². The van der Waals surface area contributed by atoms with E-state index < -0.39 is 10.7 Å². The average molecular weight is 310 g/mol. The van der Waals surface area contributed by atoms with Crippen LogP contribution < -0.4 is 4.74 Å². The highest BCUT2D eigenvalue weighted by Crippen LogP contribution is 2.29. The van der Waals surface area contributed by atoms with E-state index in [4.69, 9.17) is 16.3 Å². The van der Waals surface area contributed by atoms with Crippen molar-refractivity contribution < 1.29 is 18.8 Å². The summed E-state index contributed by atoms with van der Waals surface area (Å²) in [6, 6.07) is 8.08. The van der Waals surface area contributed by atoms with E-state index in [2.05, 4.69) is 0 Å². The molecule has 2 aromatic rings. The molecule has 0 spiro atoms. The second-order valence-electron chi connectivity index (χ2n) is 4.10. The number of hydrogen-bond acceptors (Lipinski definition) is 4. The summed E-state index contributed by atoms with van der Waals surface area (Å²) in [5, 5.41) is 10.8. The standard InChI is InChI=1S/C14H9ClFNO4/c15-11-3-1-2-10(14(11)16)8-21-13-6-9(7-18)4-5-12(13)17(19)20/h1-7H,8H2. The van der Waals surface area contributed by atoms with Crippen molar-refractivity contribution in [2.24, 2.45) is 0 Å². The van der Waals surface area contributed by atoms with Crippen LogP contribution in [-0.2, 0) is 6.61 Å². The van der Waals surface area contributed by atoms with Gasteiger partial charge in [-0.25, -0.2) is 4.39 Å². The third kappa shape index (κ3) is 3.35. The molecular weight excluding hydrogens is 301 g/mol. The third-order valence-electron chi connectivity index (χ3n) is 2.73. The van der Waals surface area contributed by atoms with Crippen LogP contribution >= 0.6 is 11.6 Å². The number of rotatable bonds is 5. The molecule has 0 amide bonds. The zero-order valence-electron chi connectivity index (χ0n) is 10.6. The summed E-state index contributed by atoms with van der Waals surface area (Å²) >= 11 is 5.64. The molecular formula is C14H9ClFNO4. The number of aldehydes is 1. The molecule has 7 heteroatoms. The molecule has 0 aliphatic rings. The number of carbonyl (C=O) groups is 1. The second kappa shape index (κ2) is 6.32. The van der Waals surface area contributed by atoms with E-state index in [1.165, 1.54) is 24.3 Å². The first kappa shape index (κ1) is 14.9. The molecule has 0 saturated carbocycles. The van der Waals surface area contributed by atoms with Crippen LogP contribution in [0, 0.1) is 15.9 Å².